The lowest BCUT2D eigenvalue weighted by molar-refractivity contribution is -0.921. The van der Waals surface area contributed by atoms with Gasteiger partial charge in [-0.1, -0.05) is 6.07 Å². The monoisotopic (exact) mass is 473 g/mol. The maximum Gasteiger partial charge on any atom is 0.328 e. The molecule has 1 unspecified atom stereocenters. The average Bonchev–Trinajstić information content (AvgIpc) is 2.77. The zero-order chi connectivity index (χ0) is 24.4. The highest BCUT2D eigenvalue weighted by molar-refractivity contribution is 5.50. The summed E-state index contributed by atoms with van der Waals surface area (Å²) in [5.74, 6) is -2.68. The molecule has 1 aliphatic heterocycles. The lowest BCUT2D eigenvalue weighted by Gasteiger charge is -2.26. The molecule has 1 aromatic carbocycles. The molecule has 180 valence electrons. The van der Waals surface area contributed by atoms with Crippen LogP contribution in [0.3, 0.4) is 0 Å². The van der Waals surface area contributed by atoms with E-state index in [0.717, 1.165) is 18.7 Å². The Kier molecular flexibility index (Phi) is 6.38. The number of quaternary nitrogens is 1. The van der Waals surface area contributed by atoms with E-state index in [0.29, 0.717) is 31.1 Å². The normalized spacial score (nSPS) is 15.2. The largest absolute Gasteiger partial charge is 0.860 e. The van der Waals surface area contributed by atoms with Crippen molar-refractivity contribution in [2.75, 3.05) is 33.4 Å². The third-order valence-corrected chi connectivity index (χ3v) is 5.76. The predicted molar refractivity (Wildman–Crippen MR) is 116 cm³/mol. The topological polar surface area (TPSA) is 198 Å². The lowest BCUT2D eigenvalue weighted by atomic mass is 9.86. The molecule has 1 atom stereocenters. The number of ether oxygens (including phenoxy) is 2. The smallest absolute Gasteiger partial charge is 0.328 e. The highest BCUT2D eigenvalue weighted by atomic mass is 16.5. The number of hydrogen-bond acceptors (Lipinski definition) is 8. The lowest BCUT2D eigenvalue weighted by Crippen LogP contribution is -3.12. The first-order chi connectivity index (χ1) is 16.3. The number of H-pyrrole nitrogens is 4. The minimum absolute atomic E-state index is 0.297. The molecule has 3 heterocycles. The van der Waals surface area contributed by atoms with Gasteiger partial charge in [-0.3, -0.25) is 24.5 Å². The summed E-state index contributed by atoms with van der Waals surface area (Å²) in [5.41, 5.74) is -3.89. The van der Waals surface area contributed by atoms with Gasteiger partial charge in [0.2, 0.25) is 5.88 Å². The van der Waals surface area contributed by atoms with Crippen molar-refractivity contribution in [3.63, 3.8) is 0 Å². The standard InChI is InChI=1S/C21H23N5O8/c1-33-12-3-2-10(8-11(12)9-26-4-6-34-7-5-26)13(14-16(27)22-20(31)23-17(14)28)15-18(29)24-21(32)25-19(15)30/h2-3,8,13H,4-7,9H2,1H3,(H3,22,23,27,28,31)(H3,24,25,29,30,32). The number of hydrogen-bond donors (Lipinski definition) is 6. The van der Waals surface area contributed by atoms with Gasteiger partial charge in [-0.15, -0.1) is 0 Å². The molecule has 34 heavy (non-hydrogen) atoms. The fraction of sp³-hybridized carbons (Fsp3) is 0.333. The van der Waals surface area contributed by atoms with Gasteiger partial charge in [0, 0.05) is 11.1 Å². The SMILES string of the molecule is COc1ccc(C(c2c([O-])[nH]c(=O)[nH]c2=O)c2c(O)[nH]c(=O)[nH]c2=O)cc1C[NH+]1CCOCC1. The van der Waals surface area contributed by atoms with Gasteiger partial charge in [0.05, 0.1) is 31.8 Å². The van der Waals surface area contributed by atoms with Crippen molar-refractivity contribution in [2.45, 2.75) is 12.5 Å². The van der Waals surface area contributed by atoms with Crippen LogP contribution in [-0.2, 0) is 11.3 Å². The average molecular weight is 473 g/mol. The van der Waals surface area contributed by atoms with Crippen LogP contribution in [-0.4, -0.2) is 58.5 Å². The Morgan fingerprint density at radius 2 is 1.68 bits per heavy atom. The summed E-state index contributed by atoms with van der Waals surface area (Å²) in [5, 5.41) is 23.1. The highest BCUT2D eigenvalue weighted by Crippen LogP contribution is 2.35. The van der Waals surface area contributed by atoms with E-state index in [9.17, 15) is 29.4 Å². The van der Waals surface area contributed by atoms with Gasteiger partial charge >= 0.3 is 11.4 Å². The number of aromatic hydroxyl groups is 1. The zero-order valence-electron chi connectivity index (χ0n) is 18.1. The quantitative estimate of drug-likeness (QED) is 0.215. The molecule has 13 heteroatoms. The van der Waals surface area contributed by atoms with Crippen LogP contribution < -0.4 is 37.2 Å². The third-order valence-electron chi connectivity index (χ3n) is 5.76. The van der Waals surface area contributed by atoms with Crippen molar-refractivity contribution in [3.8, 4) is 17.5 Å². The molecule has 3 aromatic rings. The van der Waals surface area contributed by atoms with Crippen LogP contribution in [0.4, 0.5) is 0 Å². The van der Waals surface area contributed by atoms with E-state index in [1.54, 1.807) is 12.1 Å². The van der Waals surface area contributed by atoms with Gasteiger partial charge in [-0.2, -0.15) is 0 Å². The Morgan fingerprint density at radius 3 is 2.29 bits per heavy atom. The van der Waals surface area contributed by atoms with Crippen LogP contribution in [0.1, 0.15) is 28.2 Å². The number of aromatic amines is 4. The van der Waals surface area contributed by atoms with Gasteiger partial charge in [0.15, 0.2) is 0 Å². The van der Waals surface area contributed by atoms with Crippen LogP contribution >= 0.6 is 0 Å². The Labute approximate surface area is 190 Å². The molecule has 0 aliphatic carbocycles. The summed E-state index contributed by atoms with van der Waals surface area (Å²) in [6, 6.07) is 4.83. The Bertz CT molecular complexity index is 1360. The second-order valence-electron chi connectivity index (χ2n) is 7.87. The molecule has 1 saturated heterocycles. The summed E-state index contributed by atoms with van der Waals surface area (Å²) in [6.45, 7) is 3.27. The third kappa shape index (κ3) is 4.51. The molecule has 0 spiro atoms. The van der Waals surface area contributed by atoms with Crippen LogP contribution in [0.2, 0.25) is 0 Å². The number of morpholine rings is 1. The van der Waals surface area contributed by atoms with Gasteiger partial charge in [0.1, 0.15) is 25.4 Å². The van der Waals surface area contributed by atoms with E-state index in [2.05, 4.69) is 4.98 Å². The molecule has 1 fully saturated rings. The van der Waals surface area contributed by atoms with E-state index < -0.39 is 51.3 Å². The van der Waals surface area contributed by atoms with Crippen molar-refractivity contribution < 1.29 is 24.6 Å². The number of rotatable bonds is 6. The number of aromatic nitrogens is 4. The molecule has 1 aliphatic rings. The summed E-state index contributed by atoms with van der Waals surface area (Å²) in [7, 11) is 1.51. The van der Waals surface area contributed by atoms with Crippen molar-refractivity contribution in [1.82, 2.24) is 19.9 Å². The van der Waals surface area contributed by atoms with Crippen molar-refractivity contribution >= 4 is 0 Å². The molecule has 4 rings (SSSR count). The fourth-order valence-corrected chi connectivity index (χ4v) is 4.19. The van der Waals surface area contributed by atoms with Crippen molar-refractivity contribution in [2.24, 2.45) is 0 Å². The zero-order valence-corrected chi connectivity index (χ0v) is 18.1. The molecular formula is C21H23N5O8. The van der Waals surface area contributed by atoms with Gasteiger partial charge < -0.3 is 29.6 Å². The first-order valence-corrected chi connectivity index (χ1v) is 10.5. The second-order valence-corrected chi connectivity index (χ2v) is 7.87. The minimum Gasteiger partial charge on any atom is -0.860 e. The van der Waals surface area contributed by atoms with Crippen LogP contribution in [0.5, 0.6) is 17.5 Å². The van der Waals surface area contributed by atoms with E-state index >= 15 is 0 Å². The molecule has 6 N–H and O–H groups in total. The Balaban J connectivity index is 1.94. The molecule has 0 amide bonds. The van der Waals surface area contributed by atoms with Gasteiger partial charge in [0.25, 0.3) is 11.1 Å². The molecule has 0 saturated carbocycles. The molecule has 13 nitrogen and oxygen atoms in total. The summed E-state index contributed by atoms with van der Waals surface area (Å²) in [6.07, 6.45) is 0. The minimum atomic E-state index is -1.40. The molecule has 0 bridgehead atoms. The maximum absolute atomic E-state index is 12.7. The maximum atomic E-state index is 12.7. The summed E-state index contributed by atoms with van der Waals surface area (Å²) < 4.78 is 10.9. The van der Waals surface area contributed by atoms with E-state index in [-0.39, 0.29) is 0 Å². The van der Waals surface area contributed by atoms with E-state index in [1.807, 2.05) is 15.0 Å². The Morgan fingerprint density at radius 1 is 1.03 bits per heavy atom. The van der Waals surface area contributed by atoms with Gasteiger partial charge in [-0.25, -0.2) is 9.59 Å². The summed E-state index contributed by atoms with van der Waals surface area (Å²) >= 11 is 0. The number of methoxy groups -OCH3 is 1. The fourth-order valence-electron chi connectivity index (χ4n) is 4.19. The van der Waals surface area contributed by atoms with E-state index in [4.69, 9.17) is 9.47 Å². The molecular weight excluding hydrogens is 450 g/mol. The van der Waals surface area contributed by atoms with Crippen molar-refractivity contribution in [1.29, 1.82) is 0 Å². The van der Waals surface area contributed by atoms with Gasteiger partial charge in [-0.05, 0) is 23.6 Å². The molecule has 0 radical (unpaired) electrons. The van der Waals surface area contributed by atoms with Crippen LogP contribution in [0, 0.1) is 0 Å². The first-order valence-electron chi connectivity index (χ1n) is 10.5. The molecule has 2 aromatic heterocycles. The second kappa shape index (κ2) is 9.41. The highest BCUT2D eigenvalue weighted by Gasteiger charge is 2.29. The van der Waals surface area contributed by atoms with Crippen LogP contribution in [0.15, 0.2) is 37.4 Å². The van der Waals surface area contributed by atoms with E-state index in [1.165, 1.54) is 18.1 Å². The number of nitrogens with one attached hydrogen (secondary N) is 5. The Hall–Kier alpha value is -4.10. The number of benzene rings is 1. The first kappa shape index (κ1) is 23.1. The predicted octanol–water partition coefficient (Wildman–Crippen LogP) is -3.18. The van der Waals surface area contributed by atoms with Crippen molar-refractivity contribution in [3.05, 3.63) is 82.1 Å². The van der Waals surface area contributed by atoms with Crippen LogP contribution in [0.25, 0.3) is 0 Å². The summed E-state index contributed by atoms with van der Waals surface area (Å²) in [4.78, 5) is 57.8.